The third-order valence-electron chi connectivity index (χ3n) is 6.50. The summed E-state index contributed by atoms with van der Waals surface area (Å²) in [6.45, 7) is 0. The first-order chi connectivity index (χ1) is 17.5. The van der Waals surface area contributed by atoms with Crippen LogP contribution in [0.25, 0.3) is 28.5 Å². The first kappa shape index (κ1) is 22.5. The molecule has 4 N–H and O–H groups in total. The molecule has 4 atom stereocenters. The number of rotatable bonds is 6. The summed E-state index contributed by atoms with van der Waals surface area (Å²) in [5.74, 6) is 0.182. The van der Waals surface area contributed by atoms with E-state index in [2.05, 4.69) is 40.9 Å². The van der Waals surface area contributed by atoms with E-state index in [0.29, 0.717) is 28.4 Å². The zero-order valence-corrected chi connectivity index (χ0v) is 19.3. The van der Waals surface area contributed by atoms with E-state index < -0.39 is 30.4 Å². The normalized spacial score (nSPS) is 24.1. The van der Waals surface area contributed by atoms with Crippen LogP contribution in [0.5, 0.6) is 0 Å². The van der Waals surface area contributed by atoms with Crippen molar-refractivity contribution in [3.05, 3.63) is 36.9 Å². The van der Waals surface area contributed by atoms with Crippen LogP contribution in [0.4, 0.5) is 5.82 Å². The van der Waals surface area contributed by atoms with Gasteiger partial charge in [-0.1, -0.05) is 11.3 Å². The van der Waals surface area contributed by atoms with Crippen LogP contribution < -0.4 is 10.6 Å². The molecule has 0 aromatic carbocycles. The van der Waals surface area contributed by atoms with Gasteiger partial charge in [0.15, 0.2) is 29.3 Å². The van der Waals surface area contributed by atoms with Crippen LogP contribution in [-0.4, -0.2) is 87.0 Å². The first-order valence-corrected chi connectivity index (χ1v) is 11.6. The Morgan fingerprint density at radius 1 is 1.14 bits per heavy atom. The lowest BCUT2D eigenvalue weighted by Gasteiger charge is -2.27. The van der Waals surface area contributed by atoms with E-state index in [1.54, 1.807) is 12.4 Å². The van der Waals surface area contributed by atoms with Crippen LogP contribution in [0.1, 0.15) is 25.5 Å². The van der Waals surface area contributed by atoms with E-state index in [-0.39, 0.29) is 12.0 Å². The van der Waals surface area contributed by atoms with Crippen molar-refractivity contribution in [3.63, 3.8) is 0 Å². The fourth-order valence-corrected chi connectivity index (χ4v) is 4.28. The van der Waals surface area contributed by atoms with Gasteiger partial charge in [0, 0.05) is 19.3 Å². The Morgan fingerprint density at radius 2 is 2.00 bits per heavy atom. The van der Waals surface area contributed by atoms with Crippen molar-refractivity contribution in [2.75, 3.05) is 12.4 Å². The smallest absolute Gasteiger partial charge is 0.256 e. The van der Waals surface area contributed by atoms with Gasteiger partial charge in [-0.3, -0.25) is 14.3 Å². The number of aromatic nitrogens is 8. The van der Waals surface area contributed by atoms with Crippen LogP contribution >= 0.6 is 0 Å². The number of nitrogens with zero attached hydrogens (tertiary/aromatic N) is 8. The fourth-order valence-electron chi connectivity index (χ4n) is 4.28. The number of likely N-dealkylation sites (N-methyl/N-ethyl adjacent to an activating group) is 1. The Labute approximate surface area is 204 Å². The lowest BCUT2D eigenvalue weighted by molar-refractivity contribution is -0.137. The molecule has 4 aromatic rings. The van der Waals surface area contributed by atoms with E-state index >= 15 is 0 Å². The second kappa shape index (κ2) is 8.89. The Kier molecular flexibility index (Phi) is 5.55. The molecule has 5 heterocycles. The van der Waals surface area contributed by atoms with Gasteiger partial charge in [0.1, 0.15) is 17.9 Å². The van der Waals surface area contributed by atoms with Crippen molar-refractivity contribution in [2.45, 2.75) is 49.8 Å². The van der Waals surface area contributed by atoms with Gasteiger partial charge in [0.25, 0.3) is 11.9 Å². The Bertz CT molecular complexity index is 1400. The summed E-state index contributed by atoms with van der Waals surface area (Å²) in [6.07, 6.45) is 2.81. The highest BCUT2D eigenvalue weighted by Crippen LogP contribution is 2.34. The number of pyridine rings is 1. The molecule has 36 heavy (non-hydrogen) atoms. The second-order valence-corrected chi connectivity index (χ2v) is 8.77. The summed E-state index contributed by atoms with van der Waals surface area (Å²) >= 11 is 0. The number of carbonyl (C=O) groups is 1. The van der Waals surface area contributed by atoms with Gasteiger partial charge in [-0.15, -0.1) is 5.10 Å². The molecule has 0 unspecified atom stereocenters. The molecule has 14 nitrogen and oxygen atoms in total. The Hall–Kier alpha value is -4.01. The summed E-state index contributed by atoms with van der Waals surface area (Å²) < 4.78 is 8.66. The van der Waals surface area contributed by atoms with Gasteiger partial charge < -0.3 is 25.6 Å². The van der Waals surface area contributed by atoms with Crippen molar-refractivity contribution in [3.8, 4) is 17.3 Å². The van der Waals surface area contributed by atoms with Gasteiger partial charge >= 0.3 is 0 Å². The summed E-state index contributed by atoms with van der Waals surface area (Å²) in [7, 11) is 1.43. The molecular weight excluding hydrogens is 468 g/mol. The standard InChI is InChI=1S/C22H24N10O4/c1-23-20(35)17-15(33)16(34)21(36-17)31-10-25-14-18(26-11-5-4-6-11)27-22(28-19(14)31)32-9-13(29-30-32)12-7-2-3-8-24-12/h2-3,7-11,15-17,21,33-34H,4-6H2,1H3,(H,23,35)(H,26,27,28)/t15-,16+,17-,21+/m0/s1. The second-order valence-electron chi connectivity index (χ2n) is 8.77. The number of ether oxygens (including phenoxy) is 1. The minimum atomic E-state index is -1.42. The largest absolute Gasteiger partial charge is 0.387 e. The maximum atomic E-state index is 12.1. The Balaban J connectivity index is 1.42. The topological polar surface area (TPSA) is 178 Å². The van der Waals surface area contributed by atoms with Crippen LogP contribution in [0.3, 0.4) is 0 Å². The minimum Gasteiger partial charge on any atom is -0.387 e. The van der Waals surface area contributed by atoms with Gasteiger partial charge in [0.05, 0.1) is 18.2 Å². The predicted molar refractivity (Wildman–Crippen MR) is 125 cm³/mol. The summed E-state index contributed by atoms with van der Waals surface area (Å²) in [4.78, 5) is 30.2. The number of hydrogen-bond donors (Lipinski definition) is 4. The lowest BCUT2D eigenvalue weighted by Crippen LogP contribution is -2.41. The van der Waals surface area contributed by atoms with Crippen molar-refractivity contribution < 1.29 is 19.7 Å². The zero-order chi connectivity index (χ0) is 24.8. The van der Waals surface area contributed by atoms with Crippen LogP contribution in [-0.2, 0) is 9.53 Å². The molecule has 0 bridgehead atoms. The van der Waals surface area contributed by atoms with Crippen LogP contribution in [0, 0.1) is 0 Å². The number of hydrogen-bond acceptors (Lipinski definition) is 11. The lowest BCUT2D eigenvalue weighted by atomic mass is 9.93. The molecular formula is C22H24N10O4. The van der Waals surface area contributed by atoms with Crippen molar-refractivity contribution >= 4 is 22.9 Å². The number of aliphatic hydroxyl groups excluding tert-OH is 2. The predicted octanol–water partition coefficient (Wildman–Crippen LogP) is -0.201. The molecule has 0 radical (unpaired) electrons. The average Bonchev–Trinajstić information content (AvgIpc) is 3.60. The molecule has 4 aromatic heterocycles. The quantitative estimate of drug-likeness (QED) is 0.280. The molecule has 14 heteroatoms. The number of aliphatic hydroxyl groups is 2. The van der Waals surface area contributed by atoms with E-state index in [1.165, 1.54) is 22.6 Å². The number of nitrogens with one attached hydrogen (secondary N) is 2. The van der Waals surface area contributed by atoms with E-state index in [9.17, 15) is 15.0 Å². The molecule has 1 amide bonds. The maximum absolute atomic E-state index is 12.1. The molecule has 2 aliphatic rings. The third kappa shape index (κ3) is 3.75. The van der Waals surface area contributed by atoms with E-state index in [1.807, 2.05) is 18.2 Å². The van der Waals surface area contributed by atoms with Crippen molar-refractivity contribution in [1.82, 2.24) is 44.8 Å². The molecule has 0 spiro atoms. The number of fused-ring (bicyclic) bond motifs is 1. The molecule has 1 saturated heterocycles. The Morgan fingerprint density at radius 3 is 2.72 bits per heavy atom. The molecule has 1 saturated carbocycles. The summed E-state index contributed by atoms with van der Waals surface area (Å²) in [5, 5.41) is 35.3. The molecule has 186 valence electrons. The van der Waals surface area contributed by atoms with E-state index in [0.717, 1.165) is 19.3 Å². The first-order valence-electron chi connectivity index (χ1n) is 11.6. The van der Waals surface area contributed by atoms with E-state index in [4.69, 9.17) is 4.74 Å². The maximum Gasteiger partial charge on any atom is 0.256 e. The van der Waals surface area contributed by atoms with Crippen molar-refractivity contribution in [1.29, 1.82) is 0 Å². The summed E-state index contributed by atoms with van der Waals surface area (Å²) in [5.41, 5.74) is 2.00. The van der Waals surface area contributed by atoms with Gasteiger partial charge in [-0.25, -0.2) is 4.98 Å². The SMILES string of the molecule is CNC(=O)[C@H]1O[C@@H](n2cnc3c(NC4CCC4)nc(-n4cc(-c5ccccn5)nn4)nc32)[C@H](O)[C@@H]1O. The molecule has 2 fully saturated rings. The molecule has 6 rings (SSSR count). The zero-order valence-electron chi connectivity index (χ0n) is 19.3. The number of carbonyl (C=O) groups excluding carboxylic acids is 1. The van der Waals surface area contributed by atoms with Gasteiger partial charge in [-0.05, 0) is 31.4 Å². The van der Waals surface area contributed by atoms with Gasteiger partial charge in [0.2, 0.25) is 0 Å². The van der Waals surface area contributed by atoms with Crippen LogP contribution in [0.15, 0.2) is 36.9 Å². The highest BCUT2D eigenvalue weighted by molar-refractivity contribution is 5.84. The summed E-state index contributed by atoms with van der Waals surface area (Å²) in [6, 6.07) is 5.75. The molecule has 1 aliphatic carbocycles. The van der Waals surface area contributed by atoms with Crippen molar-refractivity contribution in [2.24, 2.45) is 0 Å². The number of imidazole rings is 1. The highest BCUT2D eigenvalue weighted by Gasteiger charge is 2.47. The molecule has 1 aliphatic heterocycles. The monoisotopic (exact) mass is 492 g/mol. The number of anilines is 1. The fraction of sp³-hybridized carbons (Fsp3) is 0.409. The number of amides is 1. The van der Waals surface area contributed by atoms with Gasteiger partial charge in [-0.2, -0.15) is 14.6 Å². The average molecular weight is 493 g/mol. The minimum absolute atomic E-state index is 0.219. The van der Waals surface area contributed by atoms with Crippen LogP contribution in [0.2, 0.25) is 0 Å². The third-order valence-corrected chi connectivity index (χ3v) is 6.50. The highest BCUT2D eigenvalue weighted by atomic mass is 16.6.